The first kappa shape index (κ1) is 18.9. The van der Waals surface area contributed by atoms with Crippen molar-refractivity contribution in [3.63, 3.8) is 0 Å². The smallest absolute Gasteiger partial charge is 0.220 e. The van der Waals surface area contributed by atoms with Crippen LogP contribution in [0.15, 0.2) is 24.3 Å². The number of hydrogen-bond acceptors (Lipinski definition) is 4. The molecule has 1 amide bonds. The van der Waals surface area contributed by atoms with Crippen molar-refractivity contribution in [1.82, 2.24) is 15.2 Å². The molecule has 146 valence electrons. The van der Waals surface area contributed by atoms with Crippen molar-refractivity contribution < 1.29 is 4.79 Å². The van der Waals surface area contributed by atoms with Gasteiger partial charge in [-0.25, -0.2) is 4.98 Å². The minimum atomic E-state index is 0.177. The van der Waals surface area contributed by atoms with Gasteiger partial charge in [0.15, 0.2) is 0 Å². The Bertz CT molecular complexity index is 727. The number of carbonyl (C=O) groups excluding carboxylic acids is 1. The van der Waals surface area contributed by atoms with Crippen molar-refractivity contribution in [3.05, 3.63) is 29.3 Å². The first-order valence-electron chi connectivity index (χ1n) is 10.6. The molecule has 1 N–H and O–H groups in total. The molecule has 1 aliphatic heterocycles. The van der Waals surface area contributed by atoms with Gasteiger partial charge >= 0.3 is 0 Å². The highest BCUT2D eigenvalue weighted by Gasteiger charge is 2.38. The zero-order valence-electron chi connectivity index (χ0n) is 16.2. The van der Waals surface area contributed by atoms with Crippen LogP contribution in [0.4, 0.5) is 0 Å². The number of rotatable bonds is 6. The normalized spacial score (nSPS) is 20.6. The molecular formula is C22H31N3OS. The van der Waals surface area contributed by atoms with E-state index >= 15 is 0 Å². The predicted molar refractivity (Wildman–Crippen MR) is 112 cm³/mol. The van der Waals surface area contributed by atoms with E-state index in [2.05, 4.69) is 21.3 Å². The van der Waals surface area contributed by atoms with Crippen LogP contribution in [0.25, 0.3) is 10.2 Å². The number of piperidine rings is 1. The zero-order chi connectivity index (χ0) is 18.5. The summed E-state index contributed by atoms with van der Waals surface area (Å²) in [5, 5.41) is 4.36. The molecule has 4 nitrogen and oxygen atoms in total. The van der Waals surface area contributed by atoms with E-state index < -0.39 is 0 Å². The molecule has 2 aromatic rings. The van der Waals surface area contributed by atoms with Crippen LogP contribution in [-0.2, 0) is 11.2 Å². The van der Waals surface area contributed by atoms with Gasteiger partial charge in [-0.1, -0.05) is 37.8 Å². The van der Waals surface area contributed by atoms with E-state index in [0.717, 1.165) is 23.5 Å². The Labute approximate surface area is 166 Å². The zero-order valence-corrected chi connectivity index (χ0v) is 17.0. The van der Waals surface area contributed by atoms with Crippen molar-refractivity contribution in [2.24, 2.45) is 0 Å². The van der Waals surface area contributed by atoms with E-state index in [1.54, 1.807) is 11.3 Å². The van der Waals surface area contributed by atoms with Crippen LogP contribution in [0.1, 0.15) is 62.8 Å². The number of aromatic nitrogens is 1. The Hall–Kier alpha value is -1.46. The summed E-state index contributed by atoms with van der Waals surface area (Å²) in [6.45, 7) is 3.24. The second-order valence-electron chi connectivity index (χ2n) is 8.18. The molecule has 0 radical (unpaired) electrons. The number of nitrogens with zero attached hydrogens (tertiary/aromatic N) is 2. The number of para-hydroxylation sites is 1. The van der Waals surface area contributed by atoms with E-state index in [4.69, 9.17) is 0 Å². The highest BCUT2D eigenvalue weighted by molar-refractivity contribution is 7.18. The number of nitrogens with one attached hydrogen (secondary N) is 1. The van der Waals surface area contributed by atoms with Crippen LogP contribution >= 0.6 is 11.3 Å². The molecule has 2 fully saturated rings. The molecule has 0 unspecified atom stereocenters. The number of carbonyl (C=O) groups is 1. The van der Waals surface area contributed by atoms with Gasteiger partial charge in [0.05, 0.1) is 15.2 Å². The summed E-state index contributed by atoms with van der Waals surface area (Å²) in [5.41, 5.74) is 1.26. The maximum atomic E-state index is 12.5. The fourth-order valence-electron chi connectivity index (χ4n) is 4.78. The third-order valence-electron chi connectivity index (χ3n) is 6.33. The van der Waals surface area contributed by atoms with E-state index in [0.29, 0.717) is 6.42 Å². The fraction of sp³-hybridized carbons (Fsp3) is 0.636. The van der Waals surface area contributed by atoms with Crippen LogP contribution in [-0.4, -0.2) is 41.0 Å². The minimum Gasteiger partial charge on any atom is -0.354 e. The van der Waals surface area contributed by atoms with Crippen LogP contribution in [0, 0.1) is 0 Å². The van der Waals surface area contributed by atoms with Crippen molar-refractivity contribution in [1.29, 1.82) is 0 Å². The summed E-state index contributed by atoms with van der Waals surface area (Å²) in [7, 11) is 0. The number of hydrogen-bond donors (Lipinski definition) is 1. The molecule has 5 heteroatoms. The SMILES string of the molecule is O=C(CCc1nc2ccccc2s1)NCC1(N2CCCCC2)CCCCC1. The van der Waals surface area contributed by atoms with Gasteiger partial charge in [0.2, 0.25) is 5.91 Å². The lowest BCUT2D eigenvalue weighted by atomic mass is 9.79. The average Bonchev–Trinajstić information content (AvgIpc) is 3.15. The van der Waals surface area contributed by atoms with Gasteiger partial charge in [-0.2, -0.15) is 0 Å². The van der Waals surface area contributed by atoms with Crippen molar-refractivity contribution in [2.75, 3.05) is 19.6 Å². The maximum absolute atomic E-state index is 12.5. The highest BCUT2D eigenvalue weighted by Crippen LogP contribution is 2.35. The Morgan fingerprint density at radius 1 is 1.07 bits per heavy atom. The number of aryl methyl sites for hydroxylation is 1. The monoisotopic (exact) mass is 385 g/mol. The number of thiazole rings is 1. The molecule has 1 aromatic carbocycles. The Balaban J connectivity index is 1.32. The maximum Gasteiger partial charge on any atom is 0.220 e. The van der Waals surface area contributed by atoms with E-state index in [1.807, 2.05) is 18.2 Å². The molecule has 1 saturated carbocycles. The molecule has 4 rings (SSSR count). The summed E-state index contributed by atoms with van der Waals surface area (Å²) in [4.78, 5) is 19.9. The van der Waals surface area contributed by atoms with Crippen LogP contribution < -0.4 is 5.32 Å². The Morgan fingerprint density at radius 3 is 2.59 bits per heavy atom. The van der Waals surface area contributed by atoms with Crippen LogP contribution in [0.3, 0.4) is 0 Å². The molecule has 1 aromatic heterocycles. The van der Waals surface area contributed by atoms with Gasteiger partial charge < -0.3 is 5.32 Å². The molecule has 1 aliphatic carbocycles. The summed E-state index contributed by atoms with van der Waals surface area (Å²) in [6, 6.07) is 8.20. The van der Waals surface area contributed by atoms with Crippen molar-refractivity contribution in [3.8, 4) is 0 Å². The third-order valence-corrected chi connectivity index (χ3v) is 7.43. The standard InChI is InChI=1S/C22H31N3OS/c26-20(11-12-21-24-18-9-3-4-10-19(18)27-21)23-17-22(13-5-1-6-14-22)25-15-7-2-8-16-25/h3-4,9-10H,1-2,5-8,11-17H2,(H,23,26). The quantitative estimate of drug-likeness (QED) is 0.794. The second-order valence-corrected chi connectivity index (χ2v) is 9.30. The molecule has 2 aliphatic rings. The predicted octanol–water partition coefficient (Wildman–Crippen LogP) is 4.53. The van der Waals surface area contributed by atoms with Crippen molar-refractivity contribution in [2.45, 2.75) is 69.7 Å². The summed E-state index contributed by atoms with van der Waals surface area (Å²) >= 11 is 1.71. The highest BCUT2D eigenvalue weighted by atomic mass is 32.1. The summed E-state index contributed by atoms with van der Waals surface area (Å²) < 4.78 is 1.21. The summed E-state index contributed by atoms with van der Waals surface area (Å²) in [5.74, 6) is 0.177. The number of fused-ring (bicyclic) bond motifs is 1. The lowest BCUT2D eigenvalue weighted by Crippen LogP contribution is -2.58. The molecular weight excluding hydrogens is 354 g/mol. The number of benzene rings is 1. The minimum absolute atomic E-state index is 0.177. The number of amides is 1. The van der Waals surface area contributed by atoms with Gasteiger partial charge in [0, 0.05) is 24.9 Å². The second kappa shape index (κ2) is 8.70. The summed E-state index contributed by atoms with van der Waals surface area (Å²) in [6.07, 6.45) is 11.7. The Kier molecular flexibility index (Phi) is 6.08. The third kappa shape index (κ3) is 4.52. The van der Waals surface area contributed by atoms with Gasteiger partial charge in [0.1, 0.15) is 0 Å². The first-order valence-corrected chi connectivity index (χ1v) is 11.4. The van der Waals surface area contributed by atoms with Gasteiger partial charge in [0.25, 0.3) is 0 Å². The van der Waals surface area contributed by atoms with E-state index in [-0.39, 0.29) is 11.4 Å². The largest absolute Gasteiger partial charge is 0.354 e. The molecule has 0 atom stereocenters. The van der Waals surface area contributed by atoms with Crippen LogP contribution in [0.5, 0.6) is 0 Å². The van der Waals surface area contributed by atoms with E-state index in [1.165, 1.54) is 69.2 Å². The van der Waals surface area contributed by atoms with Gasteiger partial charge in [-0.05, 0) is 50.9 Å². The topological polar surface area (TPSA) is 45.2 Å². The number of likely N-dealkylation sites (tertiary alicyclic amines) is 1. The lowest BCUT2D eigenvalue weighted by molar-refractivity contribution is -0.122. The lowest BCUT2D eigenvalue weighted by Gasteiger charge is -2.48. The fourth-order valence-corrected chi connectivity index (χ4v) is 5.75. The van der Waals surface area contributed by atoms with Gasteiger partial charge in [-0.3, -0.25) is 9.69 Å². The molecule has 0 spiro atoms. The first-order chi connectivity index (χ1) is 13.3. The molecule has 27 heavy (non-hydrogen) atoms. The Morgan fingerprint density at radius 2 is 1.81 bits per heavy atom. The van der Waals surface area contributed by atoms with Gasteiger partial charge in [-0.15, -0.1) is 11.3 Å². The molecule has 2 heterocycles. The van der Waals surface area contributed by atoms with Crippen molar-refractivity contribution >= 4 is 27.5 Å². The van der Waals surface area contributed by atoms with Crippen LogP contribution in [0.2, 0.25) is 0 Å². The average molecular weight is 386 g/mol. The molecule has 0 bridgehead atoms. The van der Waals surface area contributed by atoms with E-state index in [9.17, 15) is 4.79 Å². The molecule has 1 saturated heterocycles.